The van der Waals surface area contributed by atoms with E-state index in [0.717, 1.165) is 0 Å². The lowest BCUT2D eigenvalue weighted by atomic mass is 10.3. The third-order valence-electron chi connectivity index (χ3n) is 2.08. The molecule has 2 rings (SSSR count). The Labute approximate surface area is 113 Å². The van der Waals surface area contributed by atoms with Crippen molar-refractivity contribution >= 4 is 28.8 Å². The number of carbonyl (C=O) groups excluding carboxylic acids is 1. The molecule has 0 saturated carbocycles. The molecule has 3 N–H and O–H groups in total. The number of hydrazine groups is 1. The van der Waals surface area contributed by atoms with Gasteiger partial charge in [-0.2, -0.15) is 0 Å². The van der Waals surface area contributed by atoms with E-state index in [0.29, 0.717) is 27.3 Å². The SMILES string of the molecule is NNC(=O)c1cnc(COc2ccc(Cl)cc2)s1. The standard InChI is InChI=1S/C11H10ClN3O2S/c12-7-1-3-8(4-2-7)17-6-10-14-5-9(18-10)11(16)15-13/h1-5H,6,13H2,(H,15,16). The van der Waals surface area contributed by atoms with Gasteiger partial charge in [-0.25, -0.2) is 10.8 Å². The Morgan fingerprint density at radius 1 is 1.44 bits per heavy atom. The fourth-order valence-electron chi connectivity index (χ4n) is 1.23. The van der Waals surface area contributed by atoms with Gasteiger partial charge in [-0.1, -0.05) is 11.6 Å². The zero-order valence-electron chi connectivity index (χ0n) is 9.22. The van der Waals surface area contributed by atoms with Gasteiger partial charge < -0.3 is 4.74 Å². The number of hydrogen-bond donors (Lipinski definition) is 2. The Bertz CT molecular complexity index is 541. The lowest BCUT2D eigenvalue weighted by molar-refractivity contribution is 0.0957. The molecule has 1 aromatic heterocycles. The van der Waals surface area contributed by atoms with E-state index < -0.39 is 0 Å². The van der Waals surface area contributed by atoms with E-state index in [1.165, 1.54) is 17.5 Å². The minimum atomic E-state index is -0.356. The first-order valence-electron chi connectivity index (χ1n) is 5.03. The minimum absolute atomic E-state index is 0.296. The molecule has 0 aliphatic carbocycles. The summed E-state index contributed by atoms with van der Waals surface area (Å²) in [5.41, 5.74) is 2.05. The third kappa shape index (κ3) is 3.19. The summed E-state index contributed by atoms with van der Waals surface area (Å²) in [6.07, 6.45) is 1.47. The van der Waals surface area contributed by atoms with E-state index in [9.17, 15) is 4.79 Å². The molecule has 0 bridgehead atoms. The molecule has 7 heteroatoms. The molecule has 0 aliphatic heterocycles. The molecule has 5 nitrogen and oxygen atoms in total. The summed E-state index contributed by atoms with van der Waals surface area (Å²) in [5, 5.41) is 1.35. The van der Waals surface area contributed by atoms with Crippen LogP contribution in [0.5, 0.6) is 5.75 Å². The van der Waals surface area contributed by atoms with E-state index in [2.05, 4.69) is 10.4 Å². The molecule has 1 aromatic carbocycles. The molecule has 0 radical (unpaired) electrons. The van der Waals surface area contributed by atoms with Crippen molar-refractivity contribution in [3.63, 3.8) is 0 Å². The van der Waals surface area contributed by atoms with Gasteiger partial charge in [0, 0.05) is 5.02 Å². The fraction of sp³-hybridized carbons (Fsp3) is 0.0909. The molecule has 0 fully saturated rings. The lowest BCUT2D eigenvalue weighted by Gasteiger charge is -2.03. The number of rotatable bonds is 4. The largest absolute Gasteiger partial charge is 0.486 e. The molecule has 18 heavy (non-hydrogen) atoms. The van der Waals surface area contributed by atoms with E-state index in [-0.39, 0.29) is 5.91 Å². The number of hydrogen-bond acceptors (Lipinski definition) is 5. The van der Waals surface area contributed by atoms with Crippen molar-refractivity contribution in [3.05, 3.63) is 45.4 Å². The van der Waals surface area contributed by atoms with Crippen LogP contribution in [0.4, 0.5) is 0 Å². The molecule has 0 aliphatic rings. The number of ether oxygens (including phenoxy) is 1. The number of aromatic nitrogens is 1. The number of amides is 1. The van der Waals surface area contributed by atoms with E-state index in [1.54, 1.807) is 24.3 Å². The maximum absolute atomic E-state index is 11.2. The van der Waals surface area contributed by atoms with Gasteiger partial charge in [-0.3, -0.25) is 10.2 Å². The average molecular weight is 284 g/mol. The average Bonchev–Trinajstić information content (AvgIpc) is 2.86. The summed E-state index contributed by atoms with van der Waals surface area (Å²) >= 11 is 6.99. The van der Waals surface area contributed by atoms with Crippen molar-refractivity contribution in [1.29, 1.82) is 0 Å². The maximum atomic E-state index is 11.2. The van der Waals surface area contributed by atoms with Crippen molar-refractivity contribution in [2.24, 2.45) is 5.84 Å². The van der Waals surface area contributed by atoms with Gasteiger partial charge in [-0.15, -0.1) is 11.3 Å². The first-order chi connectivity index (χ1) is 8.69. The summed E-state index contributed by atoms with van der Waals surface area (Å²) < 4.78 is 5.50. The van der Waals surface area contributed by atoms with Crippen LogP contribution in [0.1, 0.15) is 14.7 Å². The van der Waals surface area contributed by atoms with Crippen LogP contribution < -0.4 is 16.0 Å². The fourth-order valence-corrected chi connectivity index (χ4v) is 2.09. The van der Waals surface area contributed by atoms with Crippen molar-refractivity contribution in [2.45, 2.75) is 6.61 Å². The van der Waals surface area contributed by atoms with Gasteiger partial charge in [0.15, 0.2) is 0 Å². The number of halogens is 1. The second kappa shape index (κ2) is 5.81. The molecule has 0 atom stereocenters. The predicted octanol–water partition coefficient (Wildman–Crippen LogP) is 1.98. The molecular weight excluding hydrogens is 274 g/mol. The number of nitrogens with one attached hydrogen (secondary N) is 1. The zero-order chi connectivity index (χ0) is 13.0. The van der Waals surface area contributed by atoms with Crippen molar-refractivity contribution < 1.29 is 9.53 Å². The van der Waals surface area contributed by atoms with Gasteiger partial charge in [-0.05, 0) is 24.3 Å². The summed E-state index contributed by atoms with van der Waals surface area (Å²) in [4.78, 5) is 15.7. The first kappa shape index (κ1) is 12.8. The third-order valence-corrected chi connectivity index (χ3v) is 3.31. The van der Waals surface area contributed by atoms with E-state index in [4.69, 9.17) is 22.2 Å². The molecule has 94 valence electrons. The Balaban J connectivity index is 1.96. The smallest absolute Gasteiger partial charge is 0.276 e. The van der Waals surface area contributed by atoms with Gasteiger partial charge in [0.1, 0.15) is 22.2 Å². The van der Waals surface area contributed by atoms with Crippen LogP contribution in [-0.4, -0.2) is 10.9 Å². The van der Waals surface area contributed by atoms with Crippen molar-refractivity contribution in [1.82, 2.24) is 10.4 Å². The summed E-state index contributed by atoms with van der Waals surface area (Å²) in [5.74, 6) is 5.37. The molecule has 1 heterocycles. The summed E-state index contributed by atoms with van der Waals surface area (Å²) in [6.45, 7) is 0.296. The highest BCUT2D eigenvalue weighted by atomic mass is 35.5. The first-order valence-corrected chi connectivity index (χ1v) is 6.22. The zero-order valence-corrected chi connectivity index (χ0v) is 10.8. The van der Waals surface area contributed by atoms with E-state index >= 15 is 0 Å². The molecular formula is C11H10ClN3O2S. The van der Waals surface area contributed by atoms with Crippen LogP contribution in [0, 0.1) is 0 Å². The Morgan fingerprint density at radius 2 is 2.17 bits per heavy atom. The van der Waals surface area contributed by atoms with Gasteiger partial charge in [0.2, 0.25) is 0 Å². The van der Waals surface area contributed by atoms with Crippen LogP contribution >= 0.6 is 22.9 Å². The molecule has 0 spiro atoms. The van der Waals surface area contributed by atoms with Crippen LogP contribution in [0.2, 0.25) is 5.02 Å². The topological polar surface area (TPSA) is 77.2 Å². The lowest BCUT2D eigenvalue weighted by Crippen LogP contribution is -2.29. The highest BCUT2D eigenvalue weighted by Gasteiger charge is 2.09. The van der Waals surface area contributed by atoms with E-state index in [1.807, 2.05) is 0 Å². The molecule has 2 aromatic rings. The van der Waals surface area contributed by atoms with Gasteiger partial charge in [0.05, 0.1) is 6.20 Å². The predicted molar refractivity (Wildman–Crippen MR) is 69.6 cm³/mol. The summed E-state index contributed by atoms with van der Waals surface area (Å²) in [7, 11) is 0. The summed E-state index contributed by atoms with van der Waals surface area (Å²) in [6, 6.07) is 7.02. The molecule has 0 unspecified atom stereocenters. The number of benzene rings is 1. The Hall–Kier alpha value is -1.63. The Morgan fingerprint density at radius 3 is 2.83 bits per heavy atom. The van der Waals surface area contributed by atoms with Crippen LogP contribution in [0.25, 0.3) is 0 Å². The highest BCUT2D eigenvalue weighted by Crippen LogP contribution is 2.18. The minimum Gasteiger partial charge on any atom is -0.486 e. The van der Waals surface area contributed by atoms with Gasteiger partial charge >= 0.3 is 0 Å². The number of nitrogen functional groups attached to an aromatic ring is 1. The van der Waals surface area contributed by atoms with Crippen LogP contribution in [0.15, 0.2) is 30.5 Å². The molecule has 0 saturated heterocycles. The van der Waals surface area contributed by atoms with Crippen molar-refractivity contribution in [2.75, 3.05) is 0 Å². The number of nitrogens with zero attached hydrogens (tertiary/aromatic N) is 1. The number of thiazole rings is 1. The second-order valence-electron chi connectivity index (χ2n) is 3.33. The maximum Gasteiger partial charge on any atom is 0.276 e. The monoisotopic (exact) mass is 283 g/mol. The molecule has 1 amide bonds. The normalized spacial score (nSPS) is 10.1. The van der Waals surface area contributed by atoms with Gasteiger partial charge in [0.25, 0.3) is 5.91 Å². The highest BCUT2D eigenvalue weighted by molar-refractivity contribution is 7.13. The quantitative estimate of drug-likeness (QED) is 0.511. The second-order valence-corrected chi connectivity index (χ2v) is 4.89. The van der Waals surface area contributed by atoms with Crippen LogP contribution in [0.3, 0.4) is 0 Å². The van der Waals surface area contributed by atoms with Crippen molar-refractivity contribution in [3.8, 4) is 5.75 Å². The Kier molecular flexibility index (Phi) is 4.14. The number of carbonyl (C=O) groups is 1. The number of nitrogens with two attached hydrogens (primary N) is 1. The van der Waals surface area contributed by atoms with Crippen LogP contribution in [-0.2, 0) is 6.61 Å².